The van der Waals surface area contributed by atoms with Crippen molar-refractivity contribution in [1.29, 1.82) is 0 Å². The van der Waals surface area contributed by atoms with Crippen molar-refractivity contribution >= 4 is 40.5 Å². The van der Waals surface area contributed by atoms with Crippen LogP contribution in [0.5, 0.6) is 5.75 Å². The van der Waals surface area contributed by atoms with Gasteiger partial charge in [-0.1, -0.05) is 23.2 Å². The van der Waals surface area contributed by atoms with Crippen LogP contribution in [0.1, 0.15) is 10.4 Å². The van der Waals surface area contributed by atoms with Gasteiger partial charge in [0.1, 0.15) is 11.6 Å². The van der Waals surface area contributed by atoms with Gasteiger partial charge in [0.05, 0.1) is 28.4 Å². The molecule has 0 fully saturated rings. The summed E-state index contributed by atoms with van der Waals surface area (Å²) in [4.78, 5) is 12.3. The summed E-state index contributed by atoms with van der Waals surface area (Å²) in [7, 11) is 1.42. The Morgan fingerprint density at radius 3 is 2.43 bits per heavy atom. The van der Waals surface area contributed by atoms with Gasteiger partial charge in [0.15, 0.2) is 0 Å². The molecule has 2 aromatic carbocycles. The summed E-state index contributed by atoms with van der Waals surface area (Å²) in [5.74, 6) is -0.780. The summed E-state index contributed by atoms with van der Waals surface area (Å²) in [6, 6.07) is 6.70. The van der Waals surface area contributed by atoms with Crippen LogP contribution in [0.15, 0.2) is 30.3 Å². The number of carbonyl (C=O) groups excluding carboxylic acids is 1. The zero-order valence-corrected chi connectivity index (χ0v) is 12.4. The first-order valence-electron chi connectivity index (χ1n) is 5.81. The molecule has 0 spiro atoms. The van der Waals surface area contributed by atoms with Crippen LogP contribution in [-0.4, -0.2) is 13.0 Å². The predicted molar refractivity (Wildman–Crippen MR) is 81.8 cm³/mol. The number of methoxy groups -OCH3 is 1. The lowest BCUT2D eigenvalue weighted by Gasteiger charge is -2.12. The number of ether oxygens (including phenoxy) is 1. The van der Waals surface area contributed by atoms with Gasteiger partial charge in [-0.2, -0.15) is 0 Å². The number of amides is 1. The molecule has 4 nitrogen and oxygen atoms in total. The number of nitrogen functional groups attached to an aromatic ring is 1. The first-order valence-corrected chi connectivity index (χ1v) is 6.57. The van der Waals surface area contributed by atoms with Gasteiger partial charge >= 0.3 is 0 Å². The zero-order valence-electron chi connectivity index (χ0n) is 10.9. The molecule has 0 bridgehead atoms. The molecule has 21 heavy (non-hydrogen) atoms. The van der Waals surface area contributed by atoms with Crippen LogP contribution in [0.25, 0.3) is 0 Å². The fourth-order valence-electron chi connectivity index (χ4n) is 1.74. The summed E-state index contributed by atoms with van der Waals surface area (Å²) in [5, 5.41) is 2.53. The number of hydrogen-bond donors (Lipinski definition) is 2. The van der Waals surface area contributed by atoms with E-state index in [0.29, 0.717) is 11.4 Å². The number of rotatable bonds is 3. The van der Waals surface area contributed by atoms with E-state index in [2.05, 4.69) is 5.32 Å². The van der Waals surface area contributed by atoms with E-state index in [1.54, 1.807) is 6.07 Å². The topological polar surface area (TPSA) is 64.3 Å². The predicted octanol–water partition coefficient (Wildman–Crippen LogP) is 3.98. The second-order valence-electron chi connectivity index (χ2n) is 4.16. The summed E-state index contributed by atoms with van der Waals surface area (Å²) in [5.41, 5.74) is 6.47. The molecule has 0 aliphatic carbocycles. The molecule has 0 aromatic heterocycles. The van der Waals surface area contributed by atoms with E-state index in [0.717, 1.165) is 12.1 Å². The molecule has 2 aromatic rings. The Morgan fingerprint density at radius 2 is 1.86 bits per heavy atom. The molecule has 0 aliphatic rings. The smallest absolute Gasteiger partial charge is 0.259 e. The van der Waals surface area contributed by atoms with E-state index in [9.17, 15) is 9.18 Å². The molecule has 0 saturated heterocycles. The van der Waals surface area contributed by atoms with Crippen LogP contribution >= 0.6 is 23.2 Å². The first-order chi connectivity index (χ1) is 9.92. The maximum absolute atomic E-state index is 13.1. The van der Waals surface area contributed by atoms with Crippen LogP contribution in [0.3, 0.4) is 0 Å². The Bertz CT molecular complexity index is 684. The van der Waals surface area contributed by atoms with E-state index in [-0.39, 0.29) is 21.3 Å². The van der Waals surface area contributed by atoms with Crippen molar-refractivity contribution in [2.24, 2.45) is 0 Å². The highest BCUT2D eigenvalue weighted by Crippen LogP contribution is 2.32. The lowest BCUT2D eigenvalue weighted by Crippen LogP contribution is -2.14. The first kappa shape index (κ1) is 15.4. The van der Waals surface area contributed by atoms with Gasteiger partial charge in [-0.3, -0.25) is 4.79 Å². The van der Waals surface area contributed by atoms with Crippen LogP contribution < -0.4 is 15.8 Å². The van der Waals surface area contributed by atoms with Gasteiger partial charge in [0, 0.05) is 11.8 Å². The molecule has 7 heteroatoms. The van der Waals surface area contributed by atoms with Crippen molar-refractivity contribution in [1.82, 2.24) is 0 Å². The summed E-state index contributed by atoms with van der Waals surface area (Å²) >= 11 is 11.7. The highest BCUT2D eigenvalue weighted by Gasteiger charge is 2.16. The molecule has 110 valence electrons. The Balaban J connectivity index is 2.35. The third-order valence-electron chi connectivity index (χ3n) is 2.72. The lowest BCUT2D eigenvalue weighted by molar-refractivity contribution is 0.102. The van der Waals surface area contributed by atoms with Crippen molar-refractivity contribution in [3.05, 3.63) is 51.8 Å². The van der Waals surface area contributed by atoms with Crippen molar-refractivity contribution in [3.8, 4) is 5.75 Å². The molecule has 0 atom stereocenters. The monoisotopic (exact) mass is 328 g/mol. The largest absolute Gasteiger partial charge is 0.496 e. The molecule has 1 amide bonds. The van der Waals surface area contributed by atoms with Crippen molar-refractivity contribution < 1.29 is 13.9 Å². The van der Waals surface area contributed by atoms with E-state index < -0.39 is 11.7 Å². The molecule has 0 aliphatic heterocycles. The molecule has 0 unspecified atom stereocenters. The van der Waals surface area contributed by atoms with Crippen molar-refractivity contribution in [3.63, 3.8) is 0 Å². The average molecular weight is 329 g/mol. The van der Waals surface area contributed by atoms with Gasteiger partial charge in [-0.25, -0.2) is 4.39 Å². The highest BCUT2D eigenvalue weighted by molar-refractivity contribution is 6.40. The van der Waals surface area contributed by atoms with Crippen molar-refractivity contribution in [2.75, 3.05) is 18.2 Å². The molecule has 0 heterocycles. The van der Waals surface area contributed by atoms with Gasteiger partial charge < -0.3 is 15.8 Å². The second kappa shape index (κ2) is 6.20. The average Bonchev–Trinajstić information content (AvgIpc) is 2.42. The zero-order chi connectivity index (χ0) is 15.6. The highest BCUT2D eigenvalue weighted by atomic mass is 35.5. The third-order valence-corrected chi connectivity index (χ3v) is 3.31. The molecular formula is C14H11Cl2FN2O2. The van der Waals surface area contributed by atoms with Crippen LogP contribution in [-0.2, 0) is 0 Å². The number of nitrogens with two attached hydrogens (primary N) is 1. The van der Waals surface area contributed by atoms with Crippen LogP contribution in [0.4, 0.5) is 15.8 Å². The minimum absolute atomic E-state index is 0.00256. The Labute approximate surface area is 130 Å². The van der Waals surface area contributed by atoms with Gasteiger partial charge in [-0.15, -0.1) is 0 Å². The van der Waals surface area contributed by atoms with E-state index in [1.807, 2.05) is 0 Å². The maximum Gasteiger partial charge on any atom is 0.259 e. The number of hydrogen-bond acceptors (Lipinski definition) is 3. The standard InChI is InChI=1S/C14H11Cl2FN2O2/c1-21-12-6-8(18)2-3-9(12)14(20)19-13-10(15)4-7(17)5-11(13)16/h2-6H,18H2,1H3,(H,19,20). The van der Waals surface area contributed by atoms with Crippen molar-refractivity contribution in [2.45, 2.75) is 0 Å². The quantitative estimate of drug-likeness (QED) is 0.837. The van der Waals surface area contributed by atoms with Crippen LogP contribution in [0, 0.1) is 5.82 Å². The summed E-state index contributed by atoms with van der Waals surface area (Å²) in [6.07, 6.45) is 0. The van der Waals surface area contributed by atoms with Crippen LogP contribution in [0.2, 0.25) is 10.0 Å². The minimum Gasteiger partial charge on any atom is -0.496 e. The number of nitrogens with one attached hydrogen (secondary N) is 1. The normalized spacial score (nSPS) is 10.3. The Morgan fingerprint density at radius 1 is 1.24 bits per heavy atom. The lowest BCUT2D eigenvalue weighted by atomic mass is 10.1. The van der Waals surface area contributed by atoms with E-state index in [4.69, 9.17) is 33.7 Å². The molecule has 2 rings (SSSR count). The van der Waals surface area contributed by atoms with Gasteiger partial charge in [0.2, 0.25) is 0 Å². The summed E-state index contributed by atoms with van der Waals surface area (Å²) < 4.78 is 18.2. The maximum atomic E-state index is 13.1. The Kier molecular flexibility index (Phi) is 4.55. The fraction of sp³-hybridized carbons (Fsp3) is 0.0714. The van der Waals surface area contributed by atoms with Gasteiger partial charge in [0.25, 0.3) is 5.91 Å². The van der Waals surface area contributed by atoms with E-state index in [1.165, 1.54) is 19.2 Å². The SMILES string of the molecule is COc1cc(N)ccc1C(=O)Nc1c(Cl)cc(F)cc1Cl. The molecule has 3 N–H and O–H groups in total. The Hall–Kier alpha value is -1.98. The second-order valence-corrected chi connectivity index (χ2v) is 4.97. The summed E-state index contributed by atoms with van der Waals surface area (Å²) in [6.45, 7) is 0. The number of carbonyl (C=O) groups is 1. The fourth-order valence-corrected chi connectivity index (χ4v) is 2.29. The number of halogens is 3. The van der Waals surface area contributed by atoms with E-state index >= 15 is 0 Å². The number of anilines is 2. The molecule has 0 radical (unpaired) electrons. The molecular weight excluding hydrogens is 318 g/mol. The van der Waals surface area contributed by atoms with Gasteiger partial charge in [-0.05, 0) is 24.3 Å². The molecule has 0 saturated carbocycles. The minimum atomic E-state index is -0.590. The third kappa shape index (κ3) is 3.37. The number of benzene rings is 2.